The van der Waals surface area contributed by atoms with Crippen LogP contribution in [0.1, 0.15) is 42.5 Å². The minimum atomic E-state index is -0.477. The van der Waals surface area contributed by atoms with Crippen molar-refractivity contribution in [1.29, 1.82) is 0 Å². The van der Waals surface area contributed by atoms with E-state index < -0.39 is 6.10 Å². The van der Waals surface area contributed by atoms with Crippen molar-refractivity contribution in [3.63, 3.8) is 0 Å². The van der Waals surface area contributed by atoms with Crippen LogP contribution in [-0.4, -0.2) is 14.9 Å². The maximum Gasteiger partial charge on any atom is 0.0772 e. The predicted octanol–water partition coefficient (Wildman–Crippen LogP) is 3.87. The van der Waals surface area contributed by atoms with Gasteiger partial charge in [0, 0.05) is 10.2 Å². The number of halogens is 1. The molecule has 102 valence electrons. The van der Waals surface area contributed by atoms with Crippen LogP contribution in [0, 0.1) is 13.8 Å². The number of hydrogen-bond donors (Lipinski definition) is 1. The molecule has 0 saturated carbocycles. The van der Waals surface area contributed by atoms with Gasteiger partial charge >= 0.3 is 0 Å². The Kier molecular flexibility index (Phi) is 4.11. The van der Waals surface area contributed by atoms with Gasteiger partial charge in [-0.3, -0.25) is 0 Å². The maximum absolute atomic E-state index is 9.65. The van der Waals surface area contributed by atoms with E-state index in [1.54, 1.807) is 6.92 Å². The normalized spacial score (nSPS) is 12.7. The molecule has 1 heterocycles. The van der Waals surface area contributed by atoms with Crippen LogP contribution in [0.2, 0.25) is 0 Å². The van der Waals surface area contributed by atoms with Gasteiger partial charge in [0.25, 0.3) is 0 Å². The lowest BCUT2D eigenvalue weighted by molar-refractivity contribution is 0.198. The summed E-state index contributed by atoms with van der Waals surface area (Å²) in [6, 6.07) is 5.93. The molecule has 0 fully saturated rings. The van der Waals surface area contributed by atoms with Crippen molar-refractivity contribution in [1.82, 2.24) is 9.78 Å². The Hall–Kier alpha value is -1.13. The minimum absolute atomic E-state index is 0.477. The van der Waals surface area contributed by atoms with E-state index in [9.17, 15) is 5.11 Å². The van der Waals surface area contributed by atoms with E-state index in [0.717, 1.165) is 27.8 Å². The van der Waals surface area contributed by atoms with Gasteiger partial charge in [0.1, 0.15) is 0 Å². The number of rotatable bonds is 3. The van der Waals surface area contributed by atoms with E-state index in [2.05, 4.69) is 34.9 Å². The molecule has 19 heavy (non-hydrogen) atoms. The van der Waals surface area contributed by atoms with Crippen molar-refractivity contribution < 1.29 is 5.11 Å². The molecule has 2 rings (SSSR count). The summed E-state index contributed by atoms with van der Waals surface area (Å²) in [5.41, 5.74) is 5.46. The topological polar surface area (TPSA) is 38.0 Å². The van der Waals surface area contributed by atoms with Crippen molar-refractivity contribution in [2.24, 2.45) is 0 Å². The number of benzene rings is 1. The largest absolute Gasteiger partial charge is 0.389 e. The van der Waals surface area contributed by atoms with Gasteiger partial charge < -0.3 is 5.11 Å². The highest BCUT2D eigenvalue weighted by atomic mass is 79.9. The number of aromatic nitrogens is 2. The molecule has 0 saturated heterocycles. The fourth-order valence-corrected chi connectivity index (χ4v) is 3.12. The molecule has 0 bridgehead atoms. The molecule has 1 unspecified atom stereocenters. The third-order valence-electron chi connectivity index (χ3n) is 3.47. The first-order valence-electron chi connectivity index (χ1n) is 6.48. The lowest BCUT2D eigenvalue weighted by atomic mass is 10.1. The summed E-state index contributed by atoms with van der Waals surface area (Å²) in [6.45, 7) is 8.04. The fraction of sp³-hybridized carbons (Fsp3) is 0.400. The van der Waals surface area contributed by atoms with E-state index in [-0.39, 0.29) is 0 Å². The molecule has 0 radical (unpaired) electrons. The summed E-state index contributed by atoms with van der Waals surface area (Å²) in [5.74, 6) is 0. The third-order valence-corrected chi connectivity index (χ3v) is 4.16. The van der Waals surface area contributed by atoms with Crippen LogP contribution in [0.25, 0.3) is 5.69 Å². The van der Waals surface area contributed by atoms with Crippen LogP contribution in [0.4, 0.5) is 0 Å². The molecule has 0 amide bonds. The number of aliphatic hydroxyl groups is 1. The predicted molar refractivity (Wildman–Crippen MR) is 80.7 cm³/mol. The van der Waals surface area contributed by atoms with Crippen LogP contribution in [0.5, 0.6) is 0 Å². The molecule has 4 heteroatoms. The molecule has 0 aliphatic heterocycles. The number of nitrogens with zero attached hydrogens (tertiary/aromatic N) is 2. The Morgan fingerprint density at radius 3 is 2.53 bits per heavy atom. The highest BCUT2D eigenvalue weighted by molar-refractivity contribution is 9.10. The Balaban J connectivity index is 2.51. The molecule has 1 aromatic carbocycles. The van der Waals surface area contributed by atoms with Gasteiger partial charge in [0.2, 0.25) is 0 Å². The zero-order valence-electron chi connectivity index (χ0n) is 11.7. The van der Waals surface area contributed by atoms with Crippen molar-refractivity contribution in [3.8, 4) is 5.69 Å². The SMILES string of the molecule is CCc1c(C)nn(-c2ccc(C(C)O)c(Br)c2)c1C. The zero-order valence-corrected chi connectivity index (χ0v) is 13.3. The number of aryl methyl sites for hydroxylation is 1. The first-order valence-corrected chi connectivity index (χ1v) is 7.28. The van der Waals surface area contributed by atoms with E-state index in [0.29, 0.717) is 0 Å². The molecule has 1 N–H and O–H groups in total. The van der Waals surface area contributed by atoms with Crippen LogP contribution in [-0.2, 0) is 6.42 Å². The highest BCUT2D eigenvalue weighted by Crippen LogP contribution is 2.27. The first-order chi connectivity index (χ1) is 8.95. The highest BCUT2D eigenvalue weighted by Gasteiger charge is 2.13. The molecule has 0 aliphatic carbocycles. The number of hydrogen-bond acceptors (Lipinski definition) is 2. The third kappa shape index (κ3) is 2.60. The monoisotopic (exact) mass is 322 g/mol. The fourth-order valence-electron chi connectivity index (χ4n) is 2.42. The van der Waals surface area contributed by atoms with E-state index in [4.69, 9.17) is 0 Å². The molecule has 0 aliphatic rings. The van der Waals surface area contributed by atoms with Crippen LogP contribution in [0.15, 0.2) is 22.7 Å². The van der Waals surface area contributed by atoms with Crippen LogP contribution >= 0.6 is 15.9 Å². The minimum Gasteiger partial charge on any atom is -0.389 e. The summed E-state index contributed by atoms with van der Waals surface area (Å²) in [5, 5.41) is 14.3. The molecule has 1 aromatic heterocycles. The van der Waals surface area contributed by atoms with Crippen molar-refractivity contribution in [3.05, 3.63) is 45.2 Å². The quantitative estimate of drug-likeness (QED) is 0.931. The summed E-state index contributed by atoms with van der Waals surface area (Å²) in [6.07, 6.45) is 0.514. The molecule has 3 nitrogen and oxygen atoms in total. The molecular weight excluding hydrogens is 304 g/mol. The van der Waals surface area contributed by atoms with Gasteiger partial charge in [0.05, 0.1) is 17.5 Å². The molecule has 2 aromatic rings. The lowest BCUT2D eigenvalue weighted by Gasteiger charge is -2.11. The van der Waals surface area contributed by atoms with E-state index in [1.807, 2.05) is 29.8 Å². The van der Waals surface area contributed by atoms with Crippen molar-refractivity contribution in [2.45, 2.75) is 40.2 Å². The summed E-state index contributed by atoms with van der Waals surface area (Å²) in [7, 11) is 0. The van der Waals surface area contributed by atoms with E-state index >= 15 is 0 Å². The van der Waals surface area contributed by atoms with Gasteiger partial charge in [-0.15, -0.1) is 0 Å². The number of aliphatic hydroxyl groups excluding tert-OH is 1. The van der Waals surface area contributed by atoms with Crippen molar-refractivity contribution >= 4 is 15.9 Å². The average Bonchev–Trinajstić information content (AvgIpc) is 2.63. The molecule has 1 atom stereocenters. The zero-order chi connectivity index (χ0) is 14.2. The average molecular weight is 323 g/mol. The molecule has 0 spiro atoms. The van der Waals surface area contributed by atoms with Crippen molar-refractivity contribution in [2.75, 3.05) is 0 Å². The second kappa shape index (κ2) is 5.47. The van der Waals surface area contributed by atoms with Gasteiger partial charge in [-0.05, 0) is 50.5 Å². The van der Waals surface area contributed by atoms with Gasteiger partial charge in [-0.2, -0.15) is 5.10 Å². The standard InChI is InChI=1S/C15H19BrN2O/c1-5-13-9(2)17-18(10(13)3)12-6-7-14(11(4)19)15(16)8-12/h6-8,11,19H,5H2,1-4H3. The summed E-state index contributed by atoms with van der Waals surface area (Å²) >= 11 is 3.51. The maximum atomic E-state index is 9.65. The summed E-state index contributed by atoms with van der Waals surface area (Å²) < 4.78 is 2.87. The molecular formula is C15H19BrN2O. The Morgan fingerprint density at radius 2 is 2.05 bits per heavy atom. The van der Waals surface area contributed by atoms with Gasteiger partial charge in [-0.25, -0.2) is 4.68 Å². The Labute approximate surface area is 122 Å². The van der Waals surface area contributed by atoms with Gasteiger partial charge in [-0.1, -0.05) is 28.9 Å². The lowest BCUT2D eigenvalue weighted by Crippen LogP contribution is -2.01. The Bertz CT molecular complexity index is 602. The second-order valence-corrected chi connectivity index (χ2v) is 5.65. The van der Waals surface area contributed by atoms with Crippen LogP contribution in [0.3, 0.4) is 0 Å². The van der Waals surface area contributed by atoms with E-state index in [1.165, 1.54) is 11.3 Å². The van der Waals surface area contributed by atoms with Gasteiger partial charge in [0.15, 0.2) is 0 Å². The smallest absolute Gasteiger partial charge is 0.0772 e. The first kappa shape index (κ1) is 14.3. The summed E-state index contributed by atoms with van der Waals surface area (Å²) in [4.78, 5) is 0. The van der Waals surface area contributed by atoms with Crippen LogP contribution < -0.4 is 0 Å². The second-order valence-electron chi connectivity index (χ2n) is 4.80. The Morgan fingerprint density at radius 1 is 1.37 bits per heavy atom.